The fraction of sp³-hybridized carbons (Fsp3) is 0.333. The van der Waals surface area contributed by atoms with E-state index in [9.17, 15) is 13.8 Å². The van der Waals surface area contributed by atoms with Gasteiger partial charge in [-0.25, -0.2) is 0 Å². The summed E-state index contributed by atoms with van der Waals surface area (Å²) in [6, 6.07) is 6.98. The van der Waals surface area contributed by atoms with Crippen molar-refractivity contribution in [2.24, 2.45) is 0 Å². The molecule has 0 heterocycles. The molecule has 2 N–H and O–H groups in total. The van der Waals surface area contributed by atoms with Crippen LogP contribution in [0, 0.1) is 0 Å². The molecule has 7 heteroatoms. The van der Waals surface area contributed by atoms with Gasteiger partial charge in [0.25, 0.3) is 0 Å². The van der Waals surface area contributed by atoms with Gasteiger partial charge in [-0.2, -0.15) is 0 Å². The van der Waals surface area contributed by atoms with Crippen molar-refractivity contribution >= 4 is 44.3 Å². The fourth-order valence-corrected chi connectivity index (χ4v) is 2.55. The van der Waals surface area contributed by atoms with Gasteiger partial charge in [-0.3, -0.25) is 13.8 Å². The van der Waals surface area contributed by atoms with E-state index in [2.05, 4.69) is 21.2 Å². The van der Waals surface area contributed by atoms with E-state index < -0.39 is 27.9 Å². The van der Waals surface area contributed by atoms with Gasteiger partial charge in [-0.1, -0.05) is 22.9 Å². The normalized spacial score (nSPS) is 13.6. The maximum Gasteiger partial charge on any atom is 0.304 e. The molecular weight excluding hydrogens is 334 g/mol. The average Bonchev–Trinajstić information content (AvgIpc) is 2.31. The maximum absolute atomic E-state index is 11.7. The first-order valence-electron chi connectivity index (χ1n) is 5.53. The van der Waals surface area contributed by atoms with Gasteiger partial charge in [0, 0.05) is 26.2 Å². The summed E-state index contributed by atoms with van der Waals surface area (Å²) in [6.07, 6.45) is -0.210. The third-order valence-electron chi connectivity index (χ3n) is 2.31. The van der Waals surface area contributed by atoms with Crippen molar-refractivity contribution in [1.29, 1.82) is 0 Å². The lowest BCUT2D eigenvalue weighted by Gasteiger charge is -2.09. The molecular formula is C12H14BrNO4S. The first-order chi connectivity index (χ1) is 8.88. The smallest absolute Gasteiger partial charge is 0.304 e. The van der Waals surface area contributed by atoms with Crippen molar-refractivity contribution in [2.45, 2.75) is 18.6 Å². The van der Waals surface area contributed by atoms with Crippen LogP contribution in [0.1, 0.15) is 13.3 Å². The highest BCUT2D eigenvalue weighted by Crippen LogP contribution is 2.14. The zero-order valence-corrected chi connectivity index (χ0v) is 12.7. The number of carbonyl (C=O) groups excluding carboxylic acids is 1. The van der Waals surface area contributed by atoms with E-state index in [-0.39, 0.29) is 12.2 Å². The van der Waals surface area contributed by atoms with Crippen LogP contribution in [-0.4, -0.2) is 32.2 Å². The van der Waals surface area contributed by atoms with Gasteiger partial charge in [-0.05, 0) is 24.3 Å². The fourth-order valence-electron chi connectivity index (χ4n) is 1.34. The van der Waals surface area contributed by atoms with Crippen LogP contribution in [0.3, 0.4) is 0 Å². The predicted molar refractivity (Wildman–Crippen MR) is 77.5 cm³/mol. The van der Waals surface area contributed by atoms with Crippen LogP contribution in [0.2, 0.25) is 0 Å². The molecule has 1 rings (SSSR count). The SMILES string of the molecule is CC(CC(=O)O)S(=O)CC(=O)Nc1ccc(Br)cc1. The first-order valence-corrected chi connectivity index (χ1v) is 7.70. The third kappa shape index (κ3) is 5.98. The number of benzene rings is 1. The second kappa shape index (κ2) is 7.40. The minimum atomic E-state index is -1.50. The summed E-state index contributed by atoms with van der Waals surface area (Å²) in [7, 11) is -1.50. The Bertz CT molecular complexity index is 489. The highest BCUT2D eigenvalue weighted by atomic mass is 79.9. The number of carboxylic acid groups (broad SMARTS) is 1. The quantitative estimate of drug-likeness (QED) is 0.824. The van der Waals surface area contributed by atoms with Crippen molar-refractivity contribution in [3.8, 4) is 0 Å². The van der Waals surface area contributed by atoms with Gasteiger partial charge in [0.2, 0.25) is 5.91 Å². The van der Waals surface area contributed by atoms with Crippen molar-refractivity contribution in [3.05, 3.63) is 28.7 Å². The Morgan fingerprint density at radius 3 is 2.47 bits per heavy atom. The van der Waals surface area contributed by atoms with E-state index in [1.165, 1.54) is 0 Å². The summed E-state index contributed by atoms with van der Waals surface area (Å²) < 4.78 is 12.6. The van der Waals surface area contributed by atoms with E-state index in [1.54, 1.807) is 31.2 Å². The third-order valence-corrected chi connectivity index (χ3v) is 4.45. The summed E-state index contributed by atoms with van der Waals surface area (Å²) in [4.78, 5) is 22.1. The largest absolute Gasteiger partial charge is 0.481 e. The molecule has 0 aliphatic rings. The summed E-state index contributed by atoms with van der Waals surface area (Å²) in [5.41, 5.74) is 0.607. The van der Waals surface area contributed by atoms with E-state index in [1.807, 2.05) is 0 Å². The molecule has 0 spiro atoms. The molecule has 2 atom stereocenters. The lowest BCUT2D eigenvalue weighted by atomic mass is 10.3. The number of nitrogens with one attached hydrogen (secondary N) is 1. The van der Waals surface area contributed by atoms with E-state index in [4.69, 9.17) is 5.11 Å². The minimum absolute atomic E-state index is 0.204. The van der Waals surface area contributed by atoms with E-state index >= 15 is 0 Å². The van der Waals surface area contributed by atoms with Crippen LogP contribution in [-0.2, 0) is 20.4 Å². The molecule has 19 heavy (non-hydrogen) atoms. The zero-order chi connectivity index (χ0) is 14.4. The van der Waals surface area contributed by atoms with E-state index in [0.717, 1.165) is 4.47 Å². The Morgan fingerprint density at radius 2 is 1.95 bits per heavy atom. The molecule has 1 aromatic carbocycles. The monoisotopic (exact) mass is 347 g/mol. The lowest BCUT2D eigenvalue weighted by molar-refractivity contribution is -0.136. The molecule has 0 aromatic heterocycles. The molecule has 0 aliphatic carbocycles. The van der Waals surface area contributed by atoms with Crippen LogP contribution >= 0.6 is 15.9 Å². The number of aliphatic carboxylic acids is 1. The van der Waals surface area contributed by atoms with Gasteiger partial charge in [0.15, 0.2) is 0 Å². The Balaban J connectivity index is 2.49. The van der Waals surface area contributed by atoms with E-state index in [0.29, 0.717) is 5.69 Å². The summed E-state index contributed by atoms with van der Waals surface area (Å²) in [5, 5.41) is 10.6. The van der Waals surface area contributed by atoms with Crippen molar-refractivity contribution in [1.82, 2.24) is 0 Å². The number of carboxylic acids is 1. The molecule has 0 aliphatic heterocycles. The Hall–Kier alpha value is -1.21. The molecule has 1 aromatic rings. The Morgan fingerprint density at radius 1 is 1.37 bits per heavy atom. The van der Waals surface area contributed by atoms with Gasteiger partial charge in [0.05, 0.1) is 6.42 Å². The zero-order valence-electron chi connectivity index (χ0n) is 10.3. The summed E-state index contributed by atoms with van der Waals surface area (Å²) >= 11 is 3.28. The van der Waals surface area contributed by atoms with Gasteiger partial charge in [-0.15, -0.1) is 0 Å². The molecule has 0 bridgehead atoms. The second-order valence-electron chi connectivity index (χ2n) is 3.99. The molecule has 5 nitrogen and oxygen atoms in total. The maximum atomic E-state index is 11.7. The van der Waals surface area contributed by atoms with Gasteiger partial charge in [0.1, 0.15) is 5.75 Å². The first kappa shape index (κ1) is 15.8. The molecule has 1 amide bonds. The lowest BCUT2D eigenvalue weighted by Crippen LogP contribution is -2.26. The second-order valence-corrected chi connectivity index (χ2v) is 6.76. The Labute approximate surface area is 122 Å². The van der Waals surface area contributed by atoms with Gasteiger partial charge < -0.3 is 10.4 Å². The number of rotatable bonds is 6. The number of hydrogen-bond donors (Lipinski definition) is 2. The van der Waals surface area contributed by atoms with Crippen LogP contribution < -0.4 is 5.32 Å². The summed E-state index contributed by atoms with van der Waals surface area (Å²) in [6.45, 7) is 1.55. The highest BCUT2D eigenvalue weighted by molar-refractivity contribution is 9.10. The van der Waals surface area contributed by atoms with Crippen LogP contribution in [0.15, 0.2) is 28.7 Å². The minimum Gasteiger partial charge on any atom is -0.481 e. The standard InChI is InChI=1S/C12H14BrNO4S/c1-8(6-12(16)17)19(18)7-11(15)14-10-4-2-9(13)3-5-10/h2-5,8H,6-7H2,1H3,(H,14,15)(H,16,17). The summed E-state index contributed by atoms with van der Waals surface area (Å²) in [5.74, 6) is -1.61. The molecule has 104 valence electrons. The highest BCUT2D eigenvalue weighted by Gasteiger charge is 2.17. The van der Waals surface area contributed by atoms with Crippen molar-refractivity contribution in [3.63, 3.8) is 0 Å². The number of halogens is 1. The molecule has 0 saturated carbocycles. The molecule has 2 unspecified atom stereocenters. The molecule has 0 fully saturated rings. The number of carbonyl (C=O) groups is 2. The number of anilines is 1. The van der Waals surface area contributed by atoms with Crippen LogP contribution in [0.4, 0.5) is 5.69 Å². The van der Waals surface area contributed by atoms with Crippen molar-refractivity contribution in [2.75, 3.05) is 11.1 Å². The molecule has 0 radical (unpaired) electrons. The van der Waals surface area contributed by atoms with Crippen LogP contribution in [0.5, 0.6) is 0 Å². The topological polar surface area (TPSA) is 83.5 Å². The Kier molecular flexibility index (Phi) is 6.17. The van der Waals surface area contributed by atoms with Crippen LogP contribution in [0.25, 0.3) is 0 Å². The number of amides is 1. The molecule has 0 saturated heterocycles. The average molecular weight is 348 g/mol. The van der Waals surface area contributed by atoms with Gasteiger partial charge >= 0.3 is 5.97 Å². The number of hydrogen-bond acceptors (Lipinski definition) is 3. The van der Waals surface area contributed by atoms with Crippen molar-refractivity contribution < 1.29 is 18.9 Å². The predicted octanol–water partition coefficient (Wildman–Crippen LogP) is 2.00.